The van der Waals surface area contributed by atoms with Gasteiger partial charge in [0.1, 0.15) is 5.69 Å². The summed E-state index contributed by atoms with van der Waals surface area (Å²) in [7, 11) is 0. The van der Waals surface area contributed by atoms with Crippen LogP contribution in [0.3, 0.4) is 0 Å². The van der Waals surface area contributed by atoms with E-state index in [2.05, 4.69) is 14.8 Å². The first-order valence-electron chi connectivity index (χ1n) is 9.09. The minimum absolute atomic E-state index is 0.0382. The van der Waals surface area contributed by atoms with Gasteiger partial charge in [-0.2, -0.15) is 18.3 Å². The molecule has 0 amide bonds. The Labute approximate surface area is 175 Å². The zero-order valence-electron chi connectivity index (χ0n) is 16.0. The van der Waals surface area contributed by atoms with E-state index in [0.29, 0.717) is 11.3 Å². The molecule has 0 fully saturated rings. The second-order valence-corrected chi connectivity index (χ2v) is 6.31. The predicted molar refractivity (Wildman–Crippen MR) is 106 cm³/mol. The smallest absolute Gasteiger partial charge is 0.381 e. The largest absolute Gasteiger partial charge is 0.491 e. The van der Waals surface area contributed by atoms with Gasteiger partial charge in [-0.05, 0) is 29.8 Å². The first-order valence-corrected chi connectivity index (χ1v) is 9.09. The van der Waals surface area contributed by atoms with Gasteiger partial charge in [-0.1, -0.05) is 36.4 Å². The molecule has 2 N–H and O–H groups in total. The highest BCUT2D eigenvalue weighted by Crippen LogP contribution is 2.22. The molecule has 160 valence electrons. The van der Waals surface area contributed by atoms with Crippen molar-refractivity contribution >= 4 is 24.1 Å². The minimum atomic E-state index is -5.29. The van der Waals surface area contributed by atoms with Gasteiger partial charge in [-0.25, -0.2) is 9.59 Å². The summed E-state index contributed by atoms with van der Waals surface area (Å²) in [6, 6.07) is 14.1. The lowest BCUT2D eigenvalue weighted by atomic mass is 10.1. The number of carbonyl (C=O) groups is 2. The number of rotatable bonds is 6. The third kappa shape index (κ3) is 5.64. The Morgan fingerprint density at radius 2 is 1.84 bits per heavy atom. The summed E-state index contributed by atoms with van der Waals surface area (Å²) < 4.78 is 42.2. The van der Waals surface area contributed by atoms with E-state index in [9.17, 15) is 22.8 Å². The van der Waals surface area contributed by atoms with Crippen LogP contribution in [0.4, 0.5) is 13.2 Å². The third-order valence-corrected chi connectivity index (χ3v) is 4.07. The molecule has 0 radical (unpaired) electrons. The fraction of sp³-hybridized carbons (Fsp3) is 0.143. The molecular weight excluding hydrogens is 413 g/mol. The zero-order valence-corrected chi connectivity index (χ0v) is 16.0. The molecule has 0 bridgehead atoms. The van der Waals surface area contributed by atoms with E-state index in [1.165, 1.54) is 12.3 Å². The summed E-state index contributed by atoms with van der Waals surface area (Å²) in [6.07, 6.45) is -0.104. The van der Waals surface area contributed by atoms with Gasteiger partial charge in [0.25, 0.3) is 0 Å². The second-order valence-electron chi connectivity index (χ2n) is 6.31. The number of pyridine rings is 1. The summed E-state index contributed by atoms with van der Waals surface area (Å²) in [6.45, 7) is 0.104. The molecule has 7 nitrogen and oxygen atoms in total. The summed E-state index contributed by atoms with van der Waals surface area (Å²) in [5, 5.41) is 4.21. The Morgan fingerprint density at radius 1 is 1.10 bits per heavy atom. The summed E-state index contributed by atoms with van der Waals surface area (Å²) >= 11 is 0. The van der Waals surface area contributed by atoms with Crippen molar-refractivity contribution in [1.29, 1.82) is 0 Å². The van der Waals surface area contributed by atoms with Crippen LogP contribution < -0.4 is 5.73 Å². The molecule has 0 saturated carbocycles. The first-order chi connectivity index (χ1) is 14.8. The van der Waals surface area contributed by atoms with Gasteiger partial charge in [0, 0.05) is 18.3 Å². The highest BCUT2D eigenvalue weighted by atomic mass is 19.4. The van der Waals surface area contributed by atoms with E-state index in [4.69, 9.17) is 5.73 Å². The maximum atomic E-state index is 12.4. The van der Waals surface area contributed by atoms with Crippen LogP contribution in [0.15, 0.2) is 54.7 Å². The maximum Gasteiger partial charge on any atom is 0.491 e. The van der Waals surface area contributed by atoms with Crippen molar-refractivity contribution in [3.63, 3.8) is 0 Å². The fourth-order valence-electron chi connectivity index (χ4n) is 2.65. The number of hydrogen-bond acceptors (Lipinski definition) is 6. The first kappa shape index (κ1) is 21.9. The number of carbonyl (C=O) groups excluding carboxylic acids is 2. The molecule has 0 aliphatic carbocycles. The summed E-state index contributed by atoms with van der Waals surface area (Å²) in [5.41, 5.74) is 7.59. The number of aromatic nitrogens is 3. The zero-order chi connectivity index (χ0) is 22.4. The van der Waals surface area contributed by atoms with Crippen LogP contribution in [-0.2, 0) is 16.1 Å². The van der Waals surface area contributed by atoms with Crippen LogP contribution in [0.1, 0.15) is 21.7 Å². The second kappa shape index (κ2) is 9.35. The maximum absolute atomic E-state index is 12.4. The number of halogens is 3. The monoisotopic (exact) mass is 430 g/mol. The van der Waals surface area contributed by atoms with Gasteiger partial charge in [0.2, 0.25) is 0 Å². The van der Waals surface area contributed by atoms with E-state index < -0.39 is 18.1 Å². The van der Waals surface area contributed by atoms with Gasteiger partial charge < -0.3 is 10.5 Å². The normalized spacial score (nSPS) is 11.6. The molecule has 1 aromatic carbocycles. The number of ether oxygens (including phenoxy) is 1. The van der Waals surface area contributed by atoms with Crippen LogP contribution in [0.2, 0.25) is 0 Å². The van der Waals surface area contributed by atoms with Gasteiger partial charge in [0.05, 0.1) is 17.9 Å². The Kier molecular flexibility index (Phi) is 6.61. The molecule has 0 aliphatic rings. The average Bonchev–Trinajstić information content (AvgIpc) is 3.17. The van der Waals surface area contributed by atoms with Gasteiger partial charge in [-0.15, -0.1) is 0 Å². The van der Waals surface area contributed by atoms with Crippen molar-refractivity contribution < 1.29 is 27.5 Å². The molecule has 31 heavy (non-hydrogen) atoms. The molecule has 0 atom stereocenters. The third-order valence-electron chi connectivity index (χ3n) is 4.07. The van der Waals surface area contributed by atoms with Gasteiger partial charge in [0.15, 0.2) is 0 Å². The number of alkyl halides is 3. The van der Waals surface area contributed by atoms with Gasteiger partial charge in [-0.3, -0.25) is 9.67 Å². The number of hydrogen-bond donors (Lipinski definition) is 1. The molecule has 0 saturated heterocycles. The number of benzene rings is 1. The molecular formula is C21H17F3N4O3. The van der Waals surface area contributed by atoms with Crippen LogP contribution in [0, 0.1) is 0 Å². The van der Waals surface area contributed by atoms with Crippen molar-refractivity contribution in [2.75, 3.05) is 6.54 Å². The van der Waals surface area contributed by atoms with Crippen molar-refractivity contribution in [1.82, 2.24) is 14.8 Å². The van der Waals surface area contributed by atoms with Crippen molar-refractivity contribution in [2.24, 2.45) is 5.73 Å². The highest BCUT2D eigenvalue weighted by molar-refractivity contribution is 5.97. The molecule has 0 spiro atoms. The Morgan fingerprint density at radius 3 is 2.52 bits per heavy atom. The molecule has 10 heteroatoms. The van der Waals surface area contributed by atoms with Crippen LogP contribution in [0.25, 0.3) is 23.4 Å². The van der Waals surface area contributed by atoms with E-state index in [1.807, 2.05) is 36.4 Å². The molecule has 3 aromatic rings. The highest BCUT2D eigenvalue weighted by Gasteiger charge is 2.43. The standard InChI is InChI=1S/C21H17F3N4O3/c22-21(23,24)20(30)31-19(29)18-13-17(27-28(18)11-9-25)15-8-10-26-16(12-15)7-6-14-4-2-1-3-5-14/h1-8,10,12-13H,9,11,25H2/b7-6+. The molecule has 0 unspecified atom stereocenters. The predicted octanol–water partition coefficient (Wildman–Crippen LogP) is 3.32. The lowest BCUT2D eigenvalue weighted by molar-refractivity contribution is -0.193. The Bertz CT molecular complexity index is 1110. The van der Waals surface area contributed by atoms with Crippen LogP contribution >= 0.6 is 0 Å². The minimum Gasteiger partial charge on any atom is -0.381 e. The summed E-state index contributed by atoms with van der Waals surface area (Å²) in [4.78, 5) is 27.3. The Balaban J connectivity index is 1.88. The lowest BCUT2D eigenvalue weighted by Crippen LogP contribution is -2.29. The van der Waals surface area contributed by atoms with E-state index in [1.54, 1.807) is 18.2 Å². The van der Waals surface area contributed by atoms with Gasteiger partial charge >= 0.3 is 18.1 Å². The average molecular weight is 430 g/mol. The quantitative estimate of drug-likeness (QED) is 0.476. The van der Waals surface area contributed by atoms with E-state index in [0.717, 1.165) is 10.2 Å². The van der Waals surface area contributed by atoms with E-state index in [-0.39, 0.29) is 24.5 Å². The number of nitrogens with two attached hydrogens (primary N) is 1. The van der Waals surface area contributed by atoms with Crippen molar-refractivity contribution in [3.8, 4) is 11.3 Å². The lowest BCUT2D eigenvalue weighted by Gasteiger charge is -2.07. The molecule has 0 aliphatic heterocycles. The number of esters is 2. The van der Waals surface area contributed by atoms with Crippen molar-refractivity contribution in [2.45, 2.75) is 12.7 Å². The van der Waals surface area contributed by atoms with Crippen LogP contribution in [0.5, 0.6) is 0 Å². The molecule has 2 aromatic heterocycles. The van der Waals surface area contributed by atoms with Crippen molar-refractivity contribution in [3.05, 3.63) is 71.7 Å². The Hall–Kier alpha value is -3.79. The molecule has 2 heterocycles. The SMILES string of the molecule is NCCn1nc(-c2ccnc(/C=C/c3ccccc3)c2)cc1C(=O)OC(=O)C(F)(F)F. The van der Waals surface area contributed by atoms with E-state index >= 15 is 0 Å². The fourth-order valence-corrected chi connectivity index (χ4v) is 2.65. The number of nitrogens with zero attached hydrogens (tertiary/aromatic N) is 3. The molecule has 3 rings (SSSR count). The van der Waals surface area contributed by atoms with Crippen LogP contribution in [-0.4, -0.2) is 39.4 Å². The topological polar surface area (TPSA) is 100 Å². The summed E-state index contributed by atoms with van der Waals surface area (Å²) in [5.74, 6) is -4.07.